The second-order valence-corrected chi connectivity index (χ2v) is 8.10. The number of hydrogen-bond acceptors (Lipinski definition) is 6. The molecule has 0 aliphatic carbocycles. The van der Waals surface area contributed by atoms with Crippen LogP contribution >= 0.6 is 11.3 Å². The summed E-state index contributed by atoms with van der Waals surface area (Å²) in [6.45, 7) is 2.37. The summed E-state index contributed by atoms with van der Waals surface area (Å²) < 4.78 is 34.6. The molecule has 136 valence electrons. The van der Waals surface area contributed by atoms with E-state index in [1.165, 1.54) is 37.4 Å². The molecule has 3 aromatic rings. The molecular weight excluding hydrogens is 376 g/mol. The third-order valence-electron chi connectivity index (χ3n) is 3.80. The van der Waals surface area contributed by atoms with Gasteiger partial charge in [-0.25, -0.2) is 13.2 Å². The van der Waals surface area contributed by atoms with E-state index in [-0.39, 0.29) is 21.0 Å². The molecule has 0 atom stereocenters. The Hall–Kier alpha value is -2.65. The first-order chi connectivity index (χ1) is 12.4. The van der Waals surface area contributed by atoms with Gasteiger partial charge in [-0.3, -0.25) is 14.1 Å². The number of nitrogens with one attached hydrogen (secondary N) is 1. The molecule has 0 fully saturated rings. The van der Waals surface area contributed by atoms with E-state index in [4.69, 9.17) is 0 Å². The fourth-order valence-corrected chi connectivity index (χ4v) is 4.70. The van der Waals surface area contributed by atoms with Crippen molar-refractivity contribution in [2.45, 2.75) is 18.4 Å². The van der Waals surface area contributed by atoms with Crippen LogP contribution in [0.2, 0.25) is 0 Å². The van der Waals surface area contributed by atoms with Crippen molar-refractivity contribution >= 4 is 43.2 Å². The third kappa shape index (κ3) is 3.35. The van der Waals surface area contributed by atoms with Gasteiger partial charge in [0.15, 0.2) is 0 Å². The van der Waals surface area contributed by atoms with Crippen LogP contribution in [0.15, 0.2) is 52.2 Å². The lowest BCUT2D eigenvalue weighted by molar-refractivity contribution is 0.0601. The molecule has 3 rings (SSSR count). The fraction of sp³-hybridized carbons (Fsp3) is 0.176. The summed E-state index contributed by atoms with van der Waals surface area (Å²) in [4.78, 5) is 23.4. The van der Waals surface area contributed by atoms with Crippen LogP contribution in [0.5, 0.6) is 0 Å². The summed E-state index contributed by atoms with van der Waals surface area (Å²) >= 11 is 1.00. The van der Waals surface area contributed by atoms with Crippen molar-refractivity contribution in [3.8, 4) is 0 Å². The van der Waals surface area contributed by atoms with E-state index < -0.39 is 16.0 Å². The smallest absolute Gasteiger partial charge is 0.337 e. The van der Waals surface area contributed by atoms with Gasteiger partial charge in [0.1, 0.15) is 0 Å². The van der Waals surface area contributed by atoms with Crippen molar-refractivity contribution in [2.75, 3.05) is 11.8 Å². The molecule has 2 aromatic carbocycles. The van der Waals surface area contributed by atoms with Crippen LogP contribution in [-0.2, 0) is 21.3 Å². The van der Waals surface area contributed by atoms with Crippen molar-refractivity contribution in [1.82, 2.24) is 4.57 Å². The van der Waals surface area contributed by atoms with Gasteiger partial charge >= 0.3 is 10.8 Å². The molecule has 9 heteroatoms. The highest BCUT2D eigenvalue weighted by molar-refractivity contribution is 7.92. The van der Waals surface area contributed by atoms with E-state index >= 15 is 0 Å². The summed E-state index contributed by atoms with van der Waals surface area (Å²) in [5, 5.41) is 0. The molecule has 0 radical (unpaired) electrons. The Morgan fingerprint density at radius 3 is 2.69 bits per heavy atom. The standard InChI is InChI=1S/C17H16N2O5S2/c1-3-19-14-8-7-13(10-15(14)25-17(19)21)26(22,23)18-12-6-4-5-11(9-12)16(20)24-2/h4-10,18H,3H2,1-2H3. The van der Waals surface area contributed by atoms with Crippen molar-refractivity contribution < 1.29 is 17.9 Å². The molecule has 1 N–H and O–H groups in total. The van der Waals surface area contributed by atoms with Crippen LogP contribution in [0.25, 0.3) is 10.2 Å². The van der Waals surface area contributed by atoms with E-state index in [9.17, 15) is 18.0 Å². The summed E-state index contributed by atoms with van der Waals surface area (Å²) in [6, 6.07) is 10.6. The minimum absolute atomic E-state index is 0.0398. The molecular formula is C17H16N2O5S2. The number of anilines is 1. The maximum absolute atomic E-state index is 12.6. The Morgan fingerprint density at radius 2 is 2.00 bits per heavy atom. The number of benzene rings is 2. The van der Waals surface area contributed by atoms with Gasteiger partial charge in [-0.1, -0.05) is 17.4 Å². The van der Waals surface area contributed by atoms with Crippen LogP contribution in [0.4, 0.5) is 5.69 Å². The Bertz CT molecular complexity index is 1150. The molecule has 0 amide bonds. The van der Waals surface area contributed by atoms with Gasteiger partial charge in [0.05, 0.1) is 27.8 Å². The zero-order valence-electron chi connectivity index (χ0n) is 14.1. The Labute approximate surface area is 153 Å². The number of carbonyl (C=O) groups is 1. The lowest BCUT2D eigenvalue weighted by Gasteiger charge is -2.09. The van der Waals surface area contributed by atoms with Gasteiger partial charge in [-0.05, 0) is 43.3 Å². The van der Waals surface area contributed by atoms with Gasteiger partial charge in [-0.15, -0.1) is 0 Å². The third-order valence-corrected chi connectivity index (χ3v) is 6.12. The largest absolute Gasteiger partial charge is 0.465 e. The molecule has 0 spiro atoms. The molecule has 0 saturated heterocycles. The van der Waals surface area contributed by atoms with Crippen molar-refractivity contribution in [2.24, 2.45) is 0 Å². The number of aromatic nitrogens is 1. The molecule has 26 heavy (non-hydrogen) atoms. The van der Waals surface area contributed by atoms with Crippen LogP contribution < -0.4 is 9.60 Å². The minimum Gasteiger partial charge on any atom is -0.465 e. The first-order valence-corrected chi connectivity index (χ1v) is 10.0. The zero-order valence-corrected chi connectivity index (χ0v) is 15.7. The summed E-state index contributed by atoms with van der Waals surface area (Å²) in [5.74, 6) is -0.557. The van der Waals surface area contributed by atoms with Gasteiger partial charge in [-0.2, -0.15) is 0 Å². The highest BCUT2D eigenvalue weighted by Gasteiger charge is 2.17. The molecule has 0 aliphatic heterocycles. The van der Waals surface area contributed by atoms with Gasteiger partial charge in [0, 0.05) is 12.2 Å². The van der Waals surface area contributed by atoms with Gasteiger partial charge < -0.3 is 4.74 Å². The number of carbonyl (C=O) groups excluding carboxylic acids is 1. The zero-order chi connectivity index (χ0) is 18.9. The molecule has 1 heterocycles. The van der Waals surface area contributed by atoms with Gasteiger partial charge in [0.25, 0.3) is 10.0 Å². The molecule has 0 unspecified atom stereocenters. The SMILES string of the molecule is CCn1c(=O)sc2cc(S(=O)(=O)Nc3cccc(C(=O)OC)c3)ccc21. The number of aryl methyl sites for hydroxylation is 1. The number of fused-ring (bicyclic) bond motifs is 1. The highest BCUT2D eigenvalue weighted by atomic mass is 32.2. The number of rotatable bonds is 5. The highest BCUT2D eigenvalue weighted by Crippen LogP contribution is 2.24. The molecule has 7 nitrogen and oxygen atoms in total. The minimum atomic E-state index is -3.87. The van der Waals surface area contributed by atoms with Crippen molar-refractivity contribution in [3.63, 3.8) is 0 Å². The van der Waals surface area contributed by atoms with E-state index in [1.807, 2.05) is 6.92 Å². The first-order valence-electron chi connectivity index (χ1n) is 7.70. The number of esters is 1. The predicted octanol–water partition coefficient (Wildman–Crippen LogP) is 2.67. The van der Waals surface area contributed by atoms with E-state index in [2.05, 4.69) is 9.46 Å². The van der Waals surface area contributed by atoms with Crippen LogP contribution in [-0.4, -0.2) is 26.1 Å². The number of sulfonamides is 1. The quantitative estimate of drug-likeness (QED) is 0.674. The Balaban J connectivity index is 1.97. The summed E-state index contributed by atoms with van der Waals surface area (Å²) in [7, 11) is -2.62. The number of methoxy groups -OCH3 is 1. The lowest BCUT2D eigenvalue weighted by atomic mass is 10.2. The number of ether oxygens (including phenoxy) is 1. The van der Waals surface area contributed by atoms with Crippen LogP contribution in [0.3, 0.4) is 0 Å². The van der Waals surface area contributed by atoms with Crippen molar-refractivity contribution in [1.29, 1.82) is 0 Å². The Morgan fingerprint density at radius 1 is 1.23 bits per heavy atom. The topological polar surface area (TPSA) is 94.5 Å². The Kier molecular flexibility index (Phi) is 4.84. The monoisotopic (exact) mass is 392 g/mol. The summed E-state index contributed by atoms with van der Waals surface area (Å²) in [5.41, 5.74) is 1.18. The van der Waals surface area contributed by atoms with E-state index in [0.29, 0.717) is 16.8 Å². The average Bonchev–Trinajstić information content (AvgIpc) is 2.94. The molecule has 0 saturated carbocycles. The average molecular weight is 392 g/mol. The molecule has 1 aromatic heterocycles. The fourth-order valence-electron chi connectivity index (χ4n) is 2.55. The second-order valence-electron chi connectivity index (χ2n) is 5.42. The van der Waals surface area contributed by atoms with Gasteiger partial charge in [0.2, 0.25) is 0 Å². The van der Waals surface area contributed by atoms with Crippen LogP contribution in [0, 0.1) is 0 Å². The maximum Gasteiger partial charge on any atom is 0.337 e. The normalized spacial score (nSPS) is 11.5. The van der Waals surface area contributed by atoms with E-state index in [0.717, 1.165) is 11.3 Å². The lowest BCUT2D eigenvalue weighted by Crippen LogP contribution is -2.13. The predicted molar refractivity (Wildman–Crippen MR) is 100 cm³/mol. The molecule has 0 aliphatic rings. The second kappa shape index (κ2) is 6.93. The number of nitrogens with zero attached hydrogens (tertiary/aromatic N) is 1. The van der Waals surface area contributed by atoms with Crippen LogP contribution in [0.1, 0.15) is 17.3 Å². The van der Waals surface area contributed by atoms with Crippen molar-refractivity contribution in [3.05, 3.63) is 57.7 Å². The van der Waals surface area contributed by atoms with E-state index in [1.54, 1.807) is 16.7 Å². The molecule has 0 bridgehead atoms. The number of hydrogen-bond donors (Lipinski definition) is 1. The summed E-state index contributed by atoms with van der Waals surface area (Å²) in [6.07, 6.45) is 0. The maximum atomic E-state index is 12.6. The first kappa shape index (κ1) is 18.2. The number of thiazole rings is 1.